The smallest absolute Gasteiger partial charge is 0.159 e. The van der Waals surface area contributed by atoms with Crippen molar-refractivity contribution >= 4 is 16.7 Å². The summed E-state index contributed by atoms with van der Waals surface area (Å²) in [6.07, 6.45) is 0. The van der Waals surface area contributed by atoms with E-state index in [1.165, 1.54) is 12.1 Å². The van der Waals surface area contributed by atoms with Crippen LogP contribution in [0.25, 0.3) is 16.6 Å². The Morgan fingerprint density at radius 2 is 1.83 bits per heavy atom. The Morgan fingerprint density at radius 3 is 2.54 bits per heavy atom. The number of nitrogens with one attached hydrogen (secondary N) is 1. The molecule has 0 unspecified atom stereocenters. The monoisotopic (exact) mass is 326 g/mol. The minimum Gasteiger partial charge on any atom is -0.497 e. The van der Waals surface area contributed by atoms with Gasteiger partial charge >= 0.3 is 0 Å². The van der Waals surface area contributed by atoms with Crippen molar-refractivity contribution in [2.75, 3.05) is 38.2 Å². The Balaban J connectivity index is 1.89. The van der Waals surface area contributed by atoms with Gasteiger partial charge in [-0.15, -0.1) is 5.10 Å². The number of aromatic nitrogens is 2. The summed E-state index contributed by atoms with van der Waals surface area (Å²) in [6, 6.07) is 12.3. The van der Waals surface area contributed by atoms with E-state index in [4.69, 9.17) is 9.84 Å². The van der Waals surface area contributed by atoms with E-state index in [1.54, 1.807) is 19.2 Å². The molecule has 2 heterocycles. The van der Waals surface area contributed by atoms with Gasteiger partial charge in [-0.25, -0.2) is 9.07 Å². The van der Waals surface area contributed by atoms with Crippen molar-refractivity contribution < 1.29 is 9.13 Å². The van der Waals surface area contributed by atoms with E-state index in [2.05, 4.69) is 10.2 Å². The van der Waals surface area contributed by atoms with Crippen LogP contribution in [0.3, 0.4) is 0 Å². The summed E-state index contributed by atoms with van der Waals surface area (Å²) < 4.78 is 20.5. The highest BCUT2D eigenvalue weighted by Gasteiger charge is 2.19. The number of hydrogen-bond acceptors (Lipinski definition) is 4. The molecule has 1 fully saturated rings. The van der Waals surface area contributed by atoms with Crippen molar-refractivity contribution in [2.45, 2.75) is 0 Å². The lowest BCUT2D eigenvalue weighted by Crippen LogP contribution is -2.43. The molecule has 0 amide bonds. The van der Waals surface area contributed by atoms with E-state index in [0.29, 0.717) is 0 Å². The first kappa shape index (κ1) is 15.0. The number of rotatable bonds is 3. The van der Waals surface area contributed by atoms with Gasteiger partial charge in [-0.2, -0.15) is 0 Å². The molecule has 1 aliphatic heterocycles. The third kappa shape index (κ3) is 2.59. The van der Waals surface area contributed by atoms with E-state index in [0.717, 1.165) is 54.3 Å². The van der Waals surface area contributed by atoms with Gasteiger partial charge in [-0.1, -0.05) is 0 Å². The minimum absolute atomic E-state index is 0.251. The van der Waals surface area contributed by atoms with E-state index < -0.39 is 0 Å². The molecular formula is C18H19FN4O. The molecule has 6 heteroatoms. The zero-order chi connectivity index (χ0) is 16.5. The molecular weight excluding hydrogens is 307 g/mol. The number of anilines is 1. The van der Waals surface area contributed by atoms with E-state index in [-0.39, 0.29) is 5.82 Å². The van der Waals surface area contributed by atoms with Gasteiger partial charge in [0.1, 0.15) is 11.6 Å². The van der Waals surface area contributed by atoms with Crippen LogP contribution in [0, 0.1) is 5.82 Å². The average molecular weight is 326 g/mol. The third-order valence-corrected chi connectivity index (χ3v) is 4.36. The summed E-state index contributed by atoms with van der Waals surface area (Å²) in [5.74, 6) is 1.49. The molecule has 0 bridgehead atoms. The lowest BCUT2D eigenvalue weighted by molar-refractivity contribution is 0.415. The van der Waals surface area contributed by atoms with Crippen LogP contribution in [0.4, 0.5) is 10.2 Å². The molecule has 5 nitrogen and oxygen atoms in total. The number of benzene rings is 2. The predicted molar refractivity (Wildman–Crippen MR) is 92.7 cm³/mol. The van der Waals surface area contributed by atoms with Crippen molar-refractivity contribution in [3.8, 4) is 11.4 Å². The van der Waals surface area contributed by atoms with Gasteiger partial charge in [-0.05, 0) is 42.5 Å². The standard InChI is InChI=1S/C18H19FN4O/c1-24-15-6-7-17-16(12-15)18(22-10-8-20-9-11-22)21-23(17)14-4-2-13(19)3-5-14/h2-7,12,20H,8-11H2,1H3. The number of fused-ring (bicyclic) bond motifs is 1. The summed E-state index contributed by atoms with van der Waals surface area (Å²) in [4.78, 5) is 2.28. The van der Waals surface area contributed by atoms with Crippen molar-refractivity contribution in [2.24, 2.45) is 0 Å². The van der Waals surface area contributed by atoms with Crippen LogP contribution in [0.2, 0.25) is 0 Å². The number of ether oxygens (including phenoxy) is 1. The van der Waals surface area contributed by atoms with Crippen LogP contribution >= 0.6 is 0 Å². The SMILES string of the molecule is COc1ccc2c(c1)c(N1CCNCC1)nn2-c1ccc(F)cc1. The summed E-state index contributed by atoms with van der Waals surface area (Å²) in [5.41, 5.74) is 1.82. The van der Waals surface area contributed by atoms with Crippen LogP contribution in [0.1, 0.15) is 0 Å². The quantitative estimate of drug-likeness (QED) is 0.803. The van der Waals surface area contributed by atoms with Gasteiger partial charge in [-0.3, -0.25) is 0 Å². The number of nitrogens with zero attached hydrogens (tertiary/aromatic N) is 3. The fourth-order valence-electron chi connectivity index (χ4n) is 3.10. The molecule has 4 rings (SSSR count). The van der Waals surface area contributed by atoms with Crippen molar-refractivity contribution in [3.63, 3.8) is 0 Å². The maximum Gasteiger partial charge on any atom is 0.159 e. The highest BCUT2D eigenvalue weighted by atomic mass is 19.1. The second-order valence-electron chi connectivity index (χ2n) is 5.83. The number of piperazine rings is 1. The predicted octanol–water partition coefficient (Wildman–Crippen LogP) is 2.58. The molecule has 1 aromatic heterocycles. The molecule has 1 aliphatic rings. The van der Waals surface area contributed by atoms with Crippen molar-refractivity contribution in [1.29, 1.82) is 0 Å². The van der Waals surface area contributed by atoms with Gasteiger partial charge in [0, 0.05) is 31.6 Å². The normalized spacial score (nSPS) is 15.0. The van der Waals surface area contributed by atoms with Gasteiger partial charge in [0.15, 0.2) is 5.82 Å². The summed E-state index contributed by atoms with van der Waals surface area (Å²) >= 11 is 0. The Kier molecular flexibility index (Phi) is 3.82. The summed E-state index contributed by atoms with van der Waals surface area (Å²) in [6.45, 7) is 3.70. The first-order chi connectivity index (χ1) is 11.8. The zero-order valence-electron chi connectivity index (χ0n) is 13.5. The number of methoxy groups -OCH3 is 1. The van der Waals surface area contributed by atoms with Crippen LogP contribution in [-0.2, 0) is 0 Å². The molecule has 0 aliphatic carbocycles. The molecule has 24 heavy (non-hydrogen) atoms. The Labute approximate surface area is 139 Å². The van der Waals surface area contributed by atoms with Gasteiger partial charge < -0.3 is 15.0 Å². The lowest BCUT2D eigenvalue weighted by Gasteiger charge is -2.27. The van der Waals surface area contributed by atoms with Gasteiger partial charge in [0.05, 0.1) is 18.3 Å². The van der Waals surface area contributed by atoms with Crippen LogP contribution in [0.15, 0.2) is 42.5 Å². The van der Waals surface area contributed by atoms with Crippen LogP contribution in [0.5, 0.6) is 5.75 Å². The van der Waals surface area contributed by atoms with Gasteiger partial charge in [0.2, 0.25) is 0 Å². The average Bonchev–Trinajstić information content (AvgIpc) is 3.02. The molecule has 1 saturated heterocycles. The largest absolute Gasteiger partial charge is 0.497 e. The summed E-state index contributed by atoms with van der Waals surface area (Å²) in [7, 11) is 1.66. The second kappa shape index (κ2) is 6.13. The van der Waals surface area contributed by atoms with Crippen molar-refractivity contribution in [1.82, 2.24) is 15.1 Å². The van der Waals surface area contributed by atoms with Crippen molar-refractivity contribution in [3.05, 3.63) is 48.3 Å². The Hall–Kier alpha value is -2.60. The van der Waals surface area contributed by atoms with Gasteiger partial charge in [0.25, 0.3) is 0 Å². The van der Waals surface area contributed by atoms with Crippen LogP contribution in [-0.4, -0.2) is 43.1 Å². The number of halogens is 1. The third-order valence-electron chi connectivity index (χ3n) is 4.36. The molecule has 0 atom stereocenters. The molecule has 124 valence electrons. The summed E-state index contributed by atoms with van der Waals surface area (Å²) in [5, 5.41) is 9.22. The Bertz CT molecular complexity index is 853. The maximum absolute atomic E-state index is 13.2. The molecule has 0 radical (unpaired) electrons. The molecule has 0 saturated carbocycles. The topological polar surface area (TPSA) is 42.3 Å². The van der Waals surface area contributed by atoms with E-state index >= 15 is 0 Å². The zero-order valence-corrected chi connectivity index (χ0v) is 13.5. The molecule has 2 aromatic carbocycles. The first-order valence-electron chi connectivity index (χ1n) is 8.04. The highest BCUT2D eigenvalue weighted by Crippen LogP contribution is 2.31. The fraction of sp³-hybridized carbons (Fsp3) is 0.278. The molecule has 1 N–H and O–H groups in total. The minimum atomic E-state index is -0.251. The lowest BCUT2D eigenvalue weighted by atomic mass is 10.2. The first-order valence-corrected chi connectivity index (χ1v) is 8.04. The Morgan fingerprint density at radius 1 is 1.08 bits per heavy atom. The van der Waals surface area contributed by atoms with E-state index in [9.17, 15) is 4.39 Å². The second-order valence-corrected chi connectivity index (χ2v) is 5.83. The number of hydrogen-bond donors (Lipinski definition) is 1. The van der Waals surface area contributed by atoms with Crippen LogP contribution < -0.4 is 15.0 Å². The highest BCUT2D eigenvalue weighted by molar-refractivity contribution is 5.93. The maximum atomic E-state index is 13.2. The van der Waals surface area contributed by atoms with E-state index in [1.807, 2.05) is 22.9 Å². The fourth-order valence-corrected chi connectivity index (χ4v) is 3.10. The molecule has 0 spiro atoms. The molecule has 3 aromatic rings.